The summed E-state index contributed by atoms with van der Waals surface area (Å²) in [5.41, 5.74) is 7.73. The third-order valence-electron chi connectivity index (χ3n) is 3.73. The van der Waals surface area contributed by atoms with Crippen LogP contribution in [0.1, 0.15) is 47.3 Å². The molecule has 0 aliphatic heterocycles. The van der Waals surface area contributed by atoms with Crippen molar-refractivity contribution in [2.75, 3.05) is 5.73 Å². The van der Waals surface area contributed by atoms with Gasteiger partial charge in [0.2, 0.25) is 0 Å². The van der Waals surface area contributed by atoms with Crippen LogP contribution in [0, 0.1) is 18.6 Å². The first kappa shape index (κ1) is 16.9. The van der Waals surface area contributed by atoms with Gasteiger partial charge in [-0.25, -0.2) is 8.78 Å². The molecule has 0 spiro atoms. The lowest BCUT2D eigenvalue weighted by atomic mass is 10.00. The predicted octanol–water partition coefficient (Wildman–Crippen LogP) is 4.13. The van der Waals surface area contributed by atoms with E-state index in [0.29, 0.717) is 17.7 Å². The normalized spacial score (nSPS) is 12.0. The molecule has 3 nitrogen and oxygen atoms in total. The number of anilines is 1. The molecule has 1 unspecified atom stereocenters. The molecule has 122 valence electrons. The highest BCUT2D eigenvalue weighted by atomic mass is 19.1. The Labute approximate surface area is 134 Å². The van der Waals surface area contributed by atoms with E-state index in [1.54, 1.807) is 18.2 Å². The van der Waals surface area contributed by atoms with Gasteiger partial charge in [0, 0.05) is 22.9 Å². The molecule has 2 rings (SSSR count). The van der Waals surface area contributed by atoms with Gasteiger partial charge in [-0.2, -0.15) is 0 Å². The van der Waals surface area contributed by atoms with Crippen LogP contribution in [-0.2, 0) is 0 Å². The number of hydrogen-bond donors (Lipinski definition) is 2. The lowest BCUT2D eigenvalue weighted by Crippen LogP contribution is -2.29. The van der Waals surface area contributed by atoms with Gasteiger partial charge in [0.15, 0.2) is 0 Å². The van der Waals surface area contributed by atoms with Crippen LogP contribution in [-0.4, -0.2) is 5.91 Å². The van der Waals surface area contributed by atoms with E-state index < -0.39 is 17.7 Å². The van der Waals surface area contributed by atoms with Gasteiger partial charge in [-0.3, -0.25) is 4.79 Å². The summed E-state index contributed by atoms with van der Waals surface area (Å²) in [5, 5.41) is 2.82. The lowest BCUT2D eigenvalue weighted by Gasteiger charge is -2.20. The van der Waals surface area contributed by atoms with Crippen LogP contribution in [0.15, 0.2) is 36.4 Å². The molecule has 0 aliphatic rings. The van der Waals surface area contributed by atoms with Gasteiger partial charge in [-0.1, -0.05) is 25.5 Å². The van der Waals surface area contributed by atoms with Crippen LogP contribution in [0.5, 0.6) is 0 Å². The van der Waals surface area contributed by atoms with Crippen LogP contribution in [0.4, 0.5) is 14.5 Å². The largest absolute Gasteiger partial charge is 0.399 e. The molecule has 0 bridgehead atoms. The van der Waals surface area contributed by atoms with Crippen molar-refractivity contribution in [2.45, 2.75) is 32.7 Å². The highest BCUT2D eigenvalue weighted by Crippen LogP contribution is 2.23. The van der Waals surface area contributed by atoms with E-state index in [9.17, 15) is 13.6 Å². The third-order valence-corrected chi connectivity index (χ3v) is 3.73. The van der Waals surface area contributed by atoms with Gasteiger partial charge < -0.3 is 11.1 Å². The van der Waals surface area contributed by atoms with Crippen molar-refractivity contribution in [1.82, 2.24) is 5.32 Å². The second kappa shape index (κ2) is 7.22. The molecule has 0 heterocycles. The zero-order valence-electron chi connectivity index (χ0n) is 13.2. The summed E-state index contributed by atoms with van der Waals surface area (Å²) in [6.45, 7) is 3.74. The minimum atomic E-state index is -0.659. The molecule has 0 fully saturated rings. The van der Waals surface area contributed by atoms with Crippen molar-refractivity contribution in [2.24, 2.45) is 0 Å². The Morgan fingerprint density at radius 3 is 2.61 bits per heavy atom. The fraction of sp³-hybridized carbons (Fsp3) is 0.278. The van der Waals surface area contributed by atoms with E-state index in [-0.39, 0.29) is 11.5 Å². The summed E-state index contributed by atoms with van der Waals surface area (Å²) in [4.78, 5) is 12.5. The lowest BCUT2D eigenvalue weighted by molar-refractivity contribution is 0.0933. The molecular formula is C18H20F2N2O. The van der Waals surface area contributed by atoms with Gasteiger partial charge >= 0.3 is 0 Å². The number of benzene rings is 2. The molecule has 23 heavy (non-hydrogen) atoms. The maximum Gasteiger partial charge on any atom is 0.252 e. The average Bonchev–Trinajstić information content (AvgIpc) is 2.49. The number of nitrogens with two attached hydrogens (primary N) is 1. The number of nitrogen functional groups attached to an aromatic ring is 1. The van der Waals surface area contributed by atoms with E-state index in [4.69, 9.17) is 5.73 Å². The summed E-state index contributed by atoms with van der Waals surface area (Å²) in [6, 6.07) is 7.95. The second-order valence-electron chi connectivity index (χ2n) is 5.55. The number of rotatable bonds is 5. The monoisotopic (exact) mass is 318 g/mol. The number of carbonyl (C=O) groups is 1. The summed E-state index contributed by atoms with van der Waals surface area (Å²) in [7, 11) is 0. The SMILES string of the molecule is CCCC(NC(=O)c1cc(N)ccc1C)c1ccc(F)cc1F. The van der Waals surface area contributed by atoms with Crippen molar-refractivity contribution < 1.29 is 13.6 Å². The van der Waals surface area contributed by atoms with E-state index in [0.717, 1.165) is 18.1 Å². The van der Waals surface area contributed by atoms with E-state index in [1.165, 1.54) is 12.1 Å². The fourth-order valence-electron chi connectivity index (χ4n) is 2.50. The minimum absolute atomic E-state index is 0.281. The van der Waals surface area contributed by atoms with Crippen LogP contribution < -0.4 is 11.1 Å². The van der Waals surface area contributed by atoms with E-state index in [1.807, 2.05) is 13.8 Å². The number of aryl methyl sites for hydroxylation is 1. The molecule has 0 saturated carbocycles. The van der Waals surface area contributed by atoms with Gasteiger partial charge in [-0.05, 0) is 37.1 Å². The maximum atomic E-state index is 14.0. The molecule has 5 heteroatoms. The fourth-order valence-corrected chi connectivity index (χ4v) is 2.50. The smallest absolute Gasteiger partial charge is 0.252 e. The van der Waals surface area contributed by atoms with Crippen LogP contribution >= 0.6 is 0 Å². The van der Waals surface area contributed by atoms with Gasteiger partial charge in [0.05, 0.1) is 6.04 Å². The Morgan fingerprint density at radius 2 is 1.96 bits per heavy atom. The summed E-state index contributed by atoms with van der Waals surface area (Å²) in [6.07, 6.45) is 1.30. The maximum absolute atomic E-state index is 14.0. The van der Waals surface area contributed by atoms with Crippen molar-refractivity contribution in [3.05, 3.63) is 64.7 Å². The molecule has 0 radical (unpaired) electrons. The zero-order valence-corrected chi connectivity index (χ0v) is 13.2. The van der Waals surface area contributed by atoms with Crippen LogP contribution in [0.2, 0.25) is 0 Å². The molecular weight excluding hydrogens is 298 g/mol. The molecule has 2 aromatic rings. The van der Waals surface area contributed by atoms with Crippen molar-refractivity contribution in [3.8, 4) is 0 Å². The molecule has 0 aliphatic carbocycles. The van der Waals surface area contributed by atoms with Gasteiger partial charge in [0.25, 0.3) is 5.91 Å². The first-order chi connectivity index (χ1) is 10.9. The average molecular weight is 318 g/mol. The first-order valence-corrected chi connectivity index (χ1v) is 7.54. The minimum Gasteiger partial charge on any atom is -0.399 e. The molecule has 1 atom stereocenters. The third kappa shape index (κ3) is 4.06. The number of amides is 1. The van der Waals surface area contributed by atoms with Gasteiger partial charge in [-0.15, -0.1) is 0 Å². The molecule has 0 aromatic heterocycles. The van der Waals surface area contributed by atoms with Gasteiger partial charge in [0.1, 0.15) is 11.6 Å². The Hall–Kier alpha value is -2.43. The number of hydrogen-bond acceptors (Lipinski definition) is 2. The highest BCUT2D eigenvalue weighted by molar-refractivity contribution is 5.96. The number of carbonyl (C=O) groups excluding carboxylic acids is 1. The van der Waals surface area contributed by atoms with Crippen LogP contribution in [0.3, 0.4) is 0 Å². The molecule has 0 saturated heterocycles. The Morgan fingerprint density at radius 1 is 1.22 bits per heavy atom. The summed E-state index contributed by atoms with van der Waals surface area (Å²) in [5.74, 6) is -1.62. The predicted molar refractivity (Wildman–Crippen MR) is 87.1 cm³/mol. The zero-order chi connectivity index (χ0) is 17.0. The van der Waals surface area contributed by atoms with E-state index in [2.05, 4.69) is 5.32 Å². The van der Waals surface area contributed by atoms with Crippen molar-refractivity contribution in [3.63, 3.8) is 0 Å². The Kier molecular flexibility index (Phi) is 5.32. The molecule has 3 N–H and O–H groups in total. The standard InChI is InChI=1S/C18H20F2N2O/c1-3-4-17(14-8-6-12(19)9-16(14)20)22-18(23)15-10-13(21)7-5-11(15)2/h5-10,17H,3-4,21H2,1-2H3,(H,22,23). The quantitative estimate of drug-likeness (QED) is 0.815. The number of halogens is 2. The first-order valence-electron chi connectivity index (χ1n) is 7.54. The van der Waals surface area contributed by atoms with Crippen molar-refractivity contribution in [1.29, 1.82) is 0 Å². The van der Waals surface area contributed by atoms with Crippen molar-refractivity contribution >= 4 is 11.6 Å². The van der Waals surface area contributed by atoms with Crippen LogP contribution in [0.25, 0.3) is 0 Å². The molecule has 1 amide bonds. The second-order valence-corrected chi connectivity index (χ2v) is 5.55. The summed E-state index contributed by atoms with van der Waals surface area (Å²) < 4.78 is 27.1. The van der Waals surface area contributed by atoms with E-state index >= 15 is 0 Å². The Bertz CT molecular complexity index is 716. The topological polar surface area (TPSA) is 55.1 Å². The molecule has 2 aromatic carbocycles. The Balaban J connectivity index is 2.28. The summed E-state index contributed by atoms with van der Waals surface area (Å²) >= 11 is 0. The number of nitrogens with one attached hydrogen (secondary N) is 1. The highest BCUT2D eigenvalue weighted by Gasteiger charge is 2.19.